The van der Waals surface area contributed by atoms with E-state index in [1.807, 2.05) is 19.1 Å². The summed E-state index contributed by atoms with van der Waals surface area (Å²) >= 11 is 6.01. The van der Waals surface area contributed by atoms with Crippen molar-refractivity contribution >= 4 is 58.6 Å². The lowest BCUT2D eigenvalue weighted by Crippen LogP contribution is -2.50. The van der Waals surface area contributed by atoms with E-state index in [1.165, 1.54) is 24.3 Å². The van der Waals surface area contributed by atoms with Crippen molar-refractivity contribution in [1.82, 2.24) is 25.6 Å². The Morgan fingerprint density at radius 2 is 1.52 bits per heavy atom. The van der Waals surface area contributed by atoms with Gasteiger partial charge in [0.25, 0.3) is 5.91 Å². The van der Waals surface area contributed by atoms with Gasteiger partial charge in [-0.3, -0.25) is 14.4 Å². The van der Waals surface area contributed by atoms with Crippen molar-refractivity contribution in [3.63, 3.8) is 0 Å². The van der Waals surface area contributed by atoms with Gasteiger partial charge in [0.15, 0.2) is 6.61 Å². The molecule has 1 atom stereocenters. The first-order valence-electron chi connectivity index (χ1n) is 15.8. The molecule has 3 aromatic carbocycles. The predicted molar refractivity (Wildman–Crippen MR) is 183 cm³/mol. The number of aryl methyl sites for hydroxylation is 1. The average molecular weight is 741 g/mol. The Morgan fingerprint density at radius 1 is 0.885 bits per heavy atom. The number of hydrogen-bond acceptors (Lipinski definition) is 10. The monoisotopic (exact) mass is 740 g/mol. The van der Waals surface area contributed by atoms with Gasteiger partial charge in [-0.15, -0.1) is 0 Å². The number of rotatable bonds is 14. The second kappa shape index (κ2) is 15.9. The molecule has 1 aliphatic carbocycles. The van der Waals surface area contributed by atoms with E-state index in [0.717, 1.165) is 17.5 Å². The molecule has 0 saturated heterocycles. The third-order valence-corrected chi connectivity index (χ3v) is 8.03. The first-order valence-corrected chi connectivity index (χ1v) is 16.2. The van der Waals surface area contributed by atoms with E-state index in [-0.39, 0.29) is 17.5 Å². The Balaban J connectivity index is 1.21. The van der Waals surface area contributed by atoms with Crippen LogP contribution in [-0.2, 0) is 26.3 Å². The topological polar surface area (TPSA) is 197 Å². The minimum Gasteiger partial charge on any atom is -0.480 e. The van der Waals surface area contributed by atoms with Crippen LogP contribution in [0.2, 0.25) is 5.02 Å². The van der Waals surface area contributed by atoms with Crippen molar-refractivity contribution in [2.45, 2.75) is 43.9 Å². The Kier molecular flexibility index (Phi) is 11.4. The van der Waals surface area contributed by atoms with Gasteiger partial charge in [-0.1, -0.05) is 42.8 Å². The summed E-state index contributed by atoms with van der Waals surface area (Å²) in [5.41, 5.74) is 2.06. The summed E-state index contributed by atoms with van der Waals surface area (Å²) in [6.07, 6.45) is -2.46. The number of halogens is 4. The molecule has 1 aliphatic rings. The van der Waals surface area contributed by atoms with E-state index in [0.29, 0.717) is 29.2 Å². The highest BCUT2D eigenvalue weighted by molar-refractivity contribution is 6.39. The van der Waals surface area contributed by atoms with Crippen LogP contribution in [0.3, 0.4) is 0 Å². The van der Waals surface area contributed by atoms with Crippen LogP contribution in [0, 0.1) is 0 Å². The first-order chi connectivity index (χ1) is 24.7. The Bertz CT molecular complexity index is 1930. The predicted octanol–water partition coefficient (Wildman–Crippen LogP) is 4.81. The quantitative estimate of drug-likeness (QED) is 0.0971. The smallest absolute Gasteiger partial charge is 0.422 e. The van der Waals surface area contributed by atoms with E-state index >= 15 is 0 Å². The van der Waals surface area contributed by atoms with E-state index in [4.69, 9.17) is 16.3 Å². The number of aromatic nitrogens is 3. The molecule has 0 aliphatic heterocycles. The number of carbonyl (C=O) groups excluding carboxylic acids is 3. The van der Waals surface area contributed by atoms with Gasteiger partial charge < -0.3 is 36.4 Å². The Hall–Kier alpha value is -5.97. The van der Waals surface area contributed by atoms with E-state index in [1.54, 1.807) is 36.4 Å². The molecule has 6 N–H and O–H groups in total. The molecule has 0 unspecified atom stereocenters. The highest BCUT2D eigenvalue weighted by atomic mass is 35.5. The van der Waals surface area contributed by atoms with Gasteiger partial charge in [0.05, 0.1) is 5.54 Å². The fraction of sp³-hybridized carbons (Fsp3) is 0.265. The molecule has 4 aromatic rings. The average Bonchev–Trinajstić information content (AvgIpc) is 3.89. The minimum absolute atomic E-state index is 0.0298. The van der Waals surface area contributed by atoms with Crippen LogP contribution in [0.4, 0.5) is 36.4 Å². The summed E-state index contributed by atoms with van der Waals surface area (Å²) in [6, 6.07) is 17.3. The molecule has 1 fully saturated rings. The molecular formula is C34H32ClF3N8O6. The summed E-state index contributed by atoms with van der Waals surface area (Å²) in [5, 5.41) is 23.0. The van der Waals surface area contributed by atoms with Crippen molar-refractivity contribution in [3.05, 3.63) is 94.5 Å². The second-order valence-corrected chi connectivity index (χ2v) is 12.1. The number of benzene rings is 3. The molecule has 0 spiro atoms. The maximum Gasteiger partial charge on any atom is 0.422 e. The van der Waals surface area contributed by atoms with Crippen LogP contribution in [0.5, 0.6) is 6.01 Å². The summed E-state index contributed by atoms with van der Waals surface area (Å²) in [4.78, 5) is 61.5. The number of carboxylic acids is 1. The fourth-order valence-corrected chi connectivity index (χ4v) is 4.96. The molecule has 3 amide bonds. The third-order valence-electron chi connectivity index (χ3n) is 7.78. The van der Waals surface area contributed by atoms with Crippen molar-refractivity contribution in [3.8, 4) is 6.01 Å². The van der Waals surface area contributed by atoms with Crippen molar-refractivity contribution in [1.29, 1.82) is 0 Å². The van der Waals surface area contributed by atoms with Gasteiger partial charge >= 0.3 is 30.0 Å². The lowest BCUT2D eigenvalue weighted by Gasteiger charge is -2.19. The number of ether oxygens (including phenoxy) is 1. The molecule has 52 heavy (non-hydrogen) atoms. The maximum atomic E-state index is 12.9. The van der Waals surface area contributed by atoms with Crippen LogP contribution in [0.25, 0.3) is 0 Å². The third kappa shape index (κ3) is 10.3. The normalized spacial score (nSPS) is 13.6. The molecule has 1 heterocycles. The molecule has 1 aromatic heterocycles. The van der Waals surface area contributed by atoms with Crippen LogP contribution in [0.1, 0.15) is 41.3 Å². The standard InChI is InChI=1S/C34H32ClF3N8O6/c1-2-19-3-11-23(12-4-19)40-28(49)27(48)39-17-25(29(50)51)42-26(47)20-5-13-24(14-6-20)41-30-43-31(45-32(44-30)52-18-34(36,37)38)46-33(15-16-33)21-7-9-22(35)10-8-21/h3-14,25H,2,15-18H2,1H3,(H,39,48)(H,40,49)(H,42,47)(H,50,51)(H2,41,43,44,45,46)/t25-/m0/s1. The van der Waals surface area contributed by atoms with E-state index in [9.17, 15) is 37.5 Å². The largest absolute Gasteiger partial charge is 0.480 e. The number of nitrogens with one attached hydrogen (secondary N) is 5. The van der Waals surface area contributed by atoms with Gasteiger partial charge in [0, 0.05) is 28.5 Å². The number of nitrogens with zero attached hydrogens (tertiary/aromatic N) is 3. The first kappa shape index (κ1) is 37.3. The molecule has 0 bridgehead atoms. The van der Waals surface area contributed by atoms with Gasteiger partial charge in [-0.2, -0.15) is 28.1 Å². The lowest BCUT2D eigenvalue weighted by molar-refractivity contribution is -0.154. The molecular weight excluding hydrogens is 709 g/mol. The maximum absolute atomic E-state index is 12.9. The molecule has 1 saturated carbocycles. The molecule has 272 valence electrons. The zero-order valence-corrected chi connectivity index (χ0v) is 28.1. The van der Waals surface area contributed by atoms with Gasteiger partial charge in [-0.25, -0.2) is 4.79 Å². The number of alkyl halides is 3. The van der Waals surface area contributed by atoms with Crippen molar-refractivity contribution in [2.75, 3.05) is 29.1 Å². The summed E-state index contributed by atoms with van der Waals surface area (Å²) in [6.45, 7) is -0.258. The van der Waals surface area contributed by atoms with Gasteiger partial charge in [-0.05, 0) is 78.9 Å². The minimum atomic E-state index is -4.65. The Morgan fingerprint density at radius 3 is 2.12 bits per heavy atom. The highest BCUT2D eigenvalue weighted by Gasteiger charge is 2.45. The second-order valence-electron chi connectivity index (χ2n) is 11.7. The van der Waals surface area contributed by atoms with Crippen LogP contribution >= 0.6 is 11.6 Å². The van der Waals surface area contributed by atoms with E-state index in [2.05, 4.69) is 41.5 Å². The van der Waals surface area contributed by atoms with Crippen molar-refractivity contribution in [2.24, 2.45) is 0 Å². The summed E-state index contributed by atoms with van der Waals surface area (Å²) < 4.78 is 43.6. The van der Waals surface area contributed by atoms with Gasteiger partial charge in [0.2, 0.25) is 11.9 Å². The number of carboxylic acid groups (broad SMARTS) is 1. The number of anilines is 4. The zero-order chi connectivity index (χ0) is 37.5. The van der Waals surface area contributed by atoms with Gasteiger partial charge in [0.1, 0.15) is 6.04 Å². The number of aliphatic carboxylic acids is 1. The van der Waals surface area contributed by atoms with E-state index < -0.39 is 60.6 Å². The summed E-state index contributed by atoms with van der Waals surface area (Å²) in [5.74, 6) is -4.60. The Labute approximate surface area is 299 Å². The molecule has 18 heteroatoms. The zero-order valence-electron chi connectivity index (χ0n) is 27.4. The molecule has 0 radical (unpaired) electrons. The van der Waals surface area contributed by atoms with Crippen LogP contribution < -0.4 is 31.3 Å². The molecule has 5 rings (SSSR count). The highest BCUT2D eigenvalue weighted by Crippen LogP contribution is 2.48. The number of carbonyl (C=O) groups is 4. The van der Waals surface area contributed by atoms with Crippen LogP contribution in [-0.4, -0.2) is 69.1 Å². The van der Waals surface area contributed by atoms with Crippen molar-refractivity contribution < 1.29 is 42.2 Å². The lowest BCUT2D eigenvalue weighted by atomic mass is 10.1. The fourth-order valence-electron chi connectivity index (χ4n) is 4.84. The SMILES string of the molecule is CCc1ccc(NC(=O)C(=O)NC[C@H](NC(=O)c2ccc(Nc3nc(NC4(c5ccc(Cl)cc5)CC4)nc(OCC(F)(F)F)n3)cc2)C(=O)O)cc1. The number of amides is 3. The van der Waals surface area contributed by atoms with Crippen LogP contribution in [0.15, 0.2) is 72.8 Å². The molecule has 14 nitrogen and oxygen atoms in total. The summed E-state index contributed by atoms with van der Waals surface area (Å²) in [7, 11) is 0. The number of hydrogen-bond donors (Lipinski definition) is 6.